The number of benzene rings is 2. The van der Waals surface area contributed by atoms with Gasteiger partial charge in [-0.15, -0.1) is 11.8 Å². The van der Waals surface area contributed by atoms with E-state index >= 15 is 0 Å². The maximum absolute atomic E-state index is 6.16. The number of rotatable bonds is 4. The van der Waals surface area contributed by atoms with Crippen molar-refractivity contribution in [2.75, 3.05) is 12.3 Å². The number of ether oxygens (including phenoxy) is 1. The Bertz CT molecular complexity index is 716. The third kappa shape index (κ3) is 3.72. The van der Waals surface area contributed by atoms with Crippen molar-refractivity contribution in [2.45, 2.75) is 6.61 Å². The van der Waals surface area contributed by atoms with Gasteiger partial charge in [0.25, 0.3) is 0 Å². The highest BCUT2D eigenvalue weighted by Gasteiger charge is 2.13. The Morgan fingerprint density at radius 1 is 1.18 bits per heavy atom. The number of aliphatic imine (C=N–C) groups is 1. The highest BCUT2D eigenvalue weighted by Crippen LogP contribution is 2.29. The monoisotopic (exact) mass is 463 g/mol. The summed E-state index contributed by atoms with van der Waals surface area (Å²) in [4.78, 5) is 4.49. The molecule has 0 unspecified atom stereocenters. The molecule has 6 heteroatoms. The van der Waals surface area contributed by atoms with Crippen LogP contribution in [0, 0.1) is 3.57 Å². The van der Waals surface area contributed by atoms with Crippen molar-refractivity contribution in [3.63, 3.8) is 0 Å². The van der Waals surface area contributed by atoms with Crippen molar-refractivity contribution in [1.82, 2.24) is 0 Å². The van der Waals surface area contributed by atoms with Gasteiger partial charge in [-0.3, -0.25) is 4.99 Å². The molecule has 2 aromatic rings. The molecule has 0 fully saturated rings. The molecule has 0 radical (unpaired) electrons. The molecule has 1 heterocycles. The molecule has 1 aliphatic heterocycles. The highest BCUT2D eigenvalue weighted by atomic mass is 127. The fourth-order valence-corrected chi connectivity index (χ4v) is 4.11. The summed E-state index contributed by atoms with van der Waals surface area (Å²) in [7, 11) is 0. The summed E-state index contributed by atoms with van der Waals surface area (Å²) in [5.41, 5.74) is 1.96. The van der Waals surface area contributed by atoms with Gasteiger partial charge in [0.2, 0.25) is 0 Å². The van der Waals surface area contributed by atoms with Crippen LogP contribution in [0.4, 0.5) is 0 Å². The molecule has 0 bridgehead atoms. The van der Waals surface area contributed by atoms with Crippen LogP contribution >= 0.6 is 57.6 Å². The van der Waals surface area contributed by atoms with Crippen LogP contribution in [0.15, 0.2) is 41.4 Å². The molecule has 114 valence electrons. The molecule has 0 aliphatic carbocycles. The molecule has 0 saturated carbocycles. The summed E-state index contributed by atoms with van der Waals surface area (Å²) >= 11 is 16.4. The fourth-order valence-electron chi connectivity index (χ4n) is 2.08. The van der Waals surface area contributed by atoms with Gasteiger partial charge in [0.05, 0.1) is 8.61 Å². The zero-order chi connectivity index (χ0) is 15.5. The second kappa shape index (κ2) is 7.43. The number of hydrogen-bond acceptors (Lipinski definition) is 3. The lowest BCUT2D eigenvalue weighted by molar-refractivity contribution is 0.304. The first-order valence-corrected chi connectivity index (χ1v) is 9.50. The van der Waals surface area contributed by atoms with E-state index in [0.717, 1.165) is 37.8 Å². The van der Waals surface area contributed by atoms with Crippen molar-refractivity contribution in [2.24, 2.45) is 4.99 Å². The maximum atomic E-state index is 6.16. The molecule has 3 rings (SSSR count). The summed E-state index contributed by atoms with van der Waals surface area (Å²) in [6, 6.07) is 11.6. The van der Waals surface area contributed by atoms with Crippen LogP contribution in [0.25, 0.3) is 0 Å². The molecular weight excluding hydrogens is 452 g/mol. The Kier molecular flexibility index (Phi) is 5.55. The molecule has 0 spiro atoms. The van der Waals surface area contributed by atoms with E-state index in [1.54, 1.807) is 11.8 Å². The molecule has 0 N–H and O–H groups in total. The third-order valence-electron chi connectivity index (χ3n) is 3.20. The van der Waals surface area contributed by atoms with E-state index in [2.05, 4.69) is 33.6 Å². The first-order valence-electron chi connectivity index (χ1n) is 6.68. The molecule has 0 aromatic heterocycles. The molecular formula is C16H12Cl2INOS. The molecule has 0 amide bonds. The Balaban J connectivity index is 1.76. The Morgan fingerprint density at radius 3 is 2.59 bits per heavy atom. The summed E-state index contributed by atoms with van der Waals surface area (Å²) in [6.45, 7) is 1.25. The van der Waals surface area contributed by atoms with Crippen LogP contribution in [0.2, 0.25) is 10.0 Å². The topological polar surface area (TPSA) is 21.6 Å². The molecule has 1 aliphatic rings. The molecule has 0 atom stereocenters. The zero-order valence-electron chi connectivity index (χ0n) is 11.5. The molecule has 2 nitrogen and oxygen atoms in total. The average Bonchev–Trinajstić information content (AvgIpc) is 3.02. The van der Waals surface area contributed by atoms with Gasteiger partial charge < -0.3 is 4.74 Å². The van der Waals surface area contributed by atoms with Crippen LogP contribution in [-0.2, 0) is 6.61 Å². The largest absolute Gasteiger partial charge is 0.488 e. The van der Waals surface area contributed by atoms with Crippen LogP contribution in [0.1, 0.15) is 11.1 Å². The lowest BCUT2D eigenvalue weighted by Gasteiger charge is -2.12. The van der Waals surface area contributed by atoms with Gasteiger partial charge in [-0.1, -0.05) is 29.3 Å². The maximum Gasteiger partial charge on any atom is 0.133 e. The zero-order valence-corrected chi connectivity index (χ0v) is 16.0. The summed E-state index contributed by atoms with van der Waals surface area (Å²) in [5.74, 6) is 1.89. The lowest BCUT2D eigenvalue weighted by atomic mass is 10.2. The van der Waals surface area contributed by atoms with Gasteiger partial charge >= 0.3 is 0 Å². The highest BCUT2D eigenvalue weighted by molar-refractivity contribution is 14.1. The van der Waals surface area contributed by atoms with Crippen molar-refractivity contribution < 1.29 is 4.74 Å². The molecule has 22 heavy (non-hydrogen) atoms. The van der Waals surface area contributed by atoms with E-state index in [0.29, 0.717) is 16.7 Å². The predicted octanol–water partition coefficient (Wildman–Crippen LogP) is 5.67. The van der Waals surface area contributed by atoms with E-state index in [4.69, 9.17) is 27.9 Å². The Labute approximate surface area is 157 Å². The summed E-state index contributed by atoms with van der Waals surface area (Å²) in [6.07, 6.45) is 0. The normalized spacial score (nSPS) is 14.0. The van der Waals surface area contributed by atoms with Crippen LogP contribution < -0.4 is 4.74 Å². The fraction of sp³-hybridized carbons (Fsp3) is 0.188. The first kappa shape index (κ1) is 16.4. The van der Waals surface area contributed by atoms with Crippen molar-refractivity contribution in [1.29, 1.82) is 0 Å². The molecule has 0 saturated heterocycles. The van der Waals surface area contributed by atoms with Crippen LogP contribution in [0.5, 0.6) is 5.75 Å². The smallest absolute Gasteiger partial charge is 0.133 e. The lowest BCUT2D eigenvalue weighted by Crippen LogP contribution is -2.00. The van der Waals surface area contributed by atoms with E-state index in [1.807, 2.05) is 30.3 Å². The third-order valence-corrected chi connectivity index (χ3v) is 5.77. The second-order valence-electron chi connectivity index (χ2n) is 4.67. The number of nitrogens with zero attached hydrogens (tertiary/aromatic N) is 1. The van der Waals surface area contributed by atoms with Gasteiger partial charge in [-0.05, 0) is 52.9 Å². The standard InChI is InChI=1S/C16H12Cl2INOS/c17-12-2-1-3-13(18)11(12)9-21-15-5-4-10(8-14(15)19)16-20-6-7-22-16/h1-5,8H,6-7,9H2. The molecule has 2 aromatic carbocycles. The number of thioether (sulfide) groups is 1. The summed E-state index contributed by atoms with van der Waals surface area (Å²) in [5, 5.41) is 2.35. The Morgan fingerprint density at radius 2 is 1.95 bits per heavy atom. The van der Waals surface area contributed by atoms with E-state index < -0.39 is 0 Å². The first-order chi connectivity index (χ1) is 10.6. The van der Waals surface area contributed by atoms with E-state index in [-0.39, 0.29) is 0 Å². The quantitative estimate of drug-likeness (QED) is 0.544. The van der Waals surface area contributed by atoms with Crippen molar-refractivity contribution >= 4 is 62.6 Å². The van der Waals surface area contributed by atoms with Gasteiger partial charge in [-0.25, -0.2) is 0 Å². The SMILES string of the molecule is Clc1cccc(Cl)c1COc1ccc(C2=NCCS2)cc1I. The van der Waals surface area contributed by atoms with Gasteiger partial charge in [0.1, 0.15) is 12.4 Å². The van der Waals surface area contributed by atoms with Crippen LogP contribution in [0.3, 0.4) is 0 Å². The van der Waals surface area contributed by atoms with Crippen molar-refractivity contribution in [3.05, 3.63) is 61.1 Å². The number of hydrogen-bond donors (Lipinski definition) is 0. The van der Waals surface area contributed by atoms with Gasteiger partial charge in [-0.2, -0.15) is 0 Å². The van der Waals surface area contributed by atoms with E-state index in [1.165, 1.54) is 0 Å². The minimum atomic E-state index is 0.351. The van der Waals surface area contributed by atoms with E-state index in [9.17, 15) is 0 Å². The van der Waals surface area contributed by atoms with Crippen LogP contribution in [-0.4, -0.2) is 17.3 Å². The van der Waals surface area contributed by atoms with Gasteiger partial charge in [0, 0.05) is 33.5 Å². The minimum Gasteiger partial charge on any atom is -0.488 e. The minimum absolute atomic E-state index is 0.351. The Hall–Kier alpha value is -0.430. The van der Waals surface area contributed by atoms with Gasteiger partial charge in [0.15, 0.2) is 0 Å². The predicted molar refractivity (Wildman–Crippen MR) is 104 cm³/mol. The summed E-state index contributed by atoms with van der Waals surface area (Å²) < 4.78 is 6.93. The average molecular weight is 464 g/mol. The van der Waals surface area contributed by atoms with Crippen molar-refractivity contribution in [3.8, 4) is 5.75 Å². The number of halogens is 3. The second-order valence-corrected chi connectivity index (χ2v) is 7.73.